The van der Waals surface area contributed by atoms with Gasteiger partial charge >= 0.3 is 18.3 Å². The van der Waals surface area contributed by atoms with Gasteiger partial charge in [-0.25, -0.2) is 0 Å². The van der Waals surface area contributed by atoms with E-state index in [1.54, 1.807) is 6.92 Å². The van der Waals surface area contributed by atoms with Crippen LogP contribution in [0.15, 0.2) is 48.5 Å². The molecule has 11 heteroatoms. The molecule has 248 valence electrons. The van der Waals surface area contributed by atoms with E-state index in [0.717, 1.165) is 37.8 Å². The van der Waals surface area contributed by atoms with Gasteiger partial charge in [-0.3, -0.25) is 14.5 Å². The van der Waals surface area contributed by atoms with Crippen LogP contribution in [0.2, 0.25) is 0 Å². The molecule has 2 aromatic rings. The van der Waals surface area contributed by atoms with Gasteiger partial charge in [0.25, 0.3) is 0 Å². The van der Waals surface area contributed by atoms with Crippen molar-refractivity contribution < 1.29 is 40.7 Å². The highest BCUT2D eigenvalue weighted by Gasteiger charge is 2.45. The molecule has 0 aromatic heterocycles. The maximum absolute atomic E-state index is 13.6. The second-order valence-electron chi connectivity index (χ2n) is 12.9. The third-order valence-electron chi connectivity index (χ3n) is 9.83. The van der Waals surface area contributed by atoms with Crippen LogP contribution in [0, 0.1) is 11.3 Å². The topological polar surface area (TPSA) is 58.6 Å². The average Bonchev–Trinajstić information content (AvgIpc) is 3.00. The summed E-state index contributed by atoms with van der Waals surface area (Å²) in [5.41, 5.74) is -3.82. The average molecular weight is 641 g/mol. The number of carbonyl (C=O) groups is 2. The quantitative estimate of drug-likeness (QED) is 0.234. The number of likely N-dealkylation sites (tertiary alicyclic amines) is 1. The Morgan fingerprint density at radius 1 is 0.956 bits per heavy atom. The third kappa shape index (κ3) is 7.84. The number of amides is 1. The zero-order valence-electron chi connectivity index (χ0n) is 26.2. The third-order valence-corrected chi connectivity index (χ3v) is 9.83. The molecular weight excluding hydrogens is 598 g/mol. The molecule has 2 aromatic carbocycles. The number of carbonyl (C=O) groups excluding carboxylic acids is 2. The van der Waals surface area contributed by atoms with Gasteiger partial charge in [-0.2, -0.15) is 26.3 Å². The Kier molecular flexibility index (Phi) is 10.3. The number of halogens is 6. The number of piperidine rings is 1. The molecule has 3 atom stereocenters. The lowest BCUT2D eigenvalue weighted by Gasteiger charge is -2.47. The van der Waals surface area contributed by atoms with Gasteiger partial charge in [0.15, 0.2) is 0 Å². The number of hydrogen-bond donors (Lipinski definition) is 1. The van der Waals surface area contributed by atoms with Crippen molar-refractivity contribution in [2.24, 2.45) is 11.3 Å². The molecule has 0 spiro atoms. The number of benzene rings is 2. The lowest BCUT2D eigenvalue weighted by atomic mass is 9.70. The first-order chi connectivity index (χ1) is 21.0. The molecule has 1 N–H and O–H groups in total. The Morgan fingerprint density at radius 3 is 2.07 bits per heavy atom. The summed E-state index contributed by atoms with van der Waals surface area (Å²) >= 11 is 0. The summed E-state index contributed by atoms with van der Waals surface area (Å²) in [5, 5.41) is 3.07. The fourth-order valence-electron chi connectivity index (χ4n) is 6.98. The Labute approximate surface area is 260 Å². The SMILES string of the molecule is CCOC(=O)[C@]1(C)CCCN(C(C)C2CCC(NC(=O)C(C)c3cc(C(F)(F)F)cc(C(F)(F)F)c3)(c3ccccc3)CC2)C1. The lowest BCUT2D eigenvalue weighted by molar-refractivity contribution is -0.158. The van der Waals surface area contributed by atoms with Gasteiger partial charge in [0.1, 0.15) is 0 Å². The highest BCUT2D eigenvalue weighted by Crippen LogP contribution is 2.44. The Bertz CT molecular complexity index is 1310. The normalized spacial score (nSPS) is 26.1. The van der Waals surface area contributed by atoms with Crippen LogP contribution in [0.3, 0.4) is 0 Å². The summed E-state index contributed by atoms with van der Waals surface area (Å²) in [4.78, 5) is 28.7. The van der Waals surface area contributed by atoms with E-state index in [1.807, 2.05) is 37.3 Å². The first kappa shape index (κ1) is 34.8. The molecule has 2 fully saturated rings. The maximum atomic E-state index is 13.6. The molecule has 1 saturated heterocycles. The molecular formula is C34H42F6N2O3. The number of rotatable bonds is 8. The van der Waals surface area contributed by atoms with Crippen molar-refractivity contribution in [3.05, 3.63) is 70.8 Å². The van der Waals surface area contributed by atoms with Gasteiger partial charge in [-0.05, 0) is 108 Å². The Balaban J connectivity index is 1.54. The fourth-order valence-corrected chi connectivity index (χ4v) is 6.98. The van der Waals surface area contributed by atoms with Gasteiger partial charge in [-0.15, -0.1) is 0 Å². The van der Waals surface area contributed by atoms with E-state index >= 15 is 0 Å². The molecule has 1 amide bonds. The van der Waals surface area contributed by atoms with E-state index in [9.17, 15) is 35.9 Å². The van der Waals surface area contributed by atoms with E-state index in [1.165, 1.54) is 6.92 Å². The van der Waals surface area contributed by atoms with Crippen LogP contribution in [-0.4, -0.2) is 42.5 Å². The second kappa shape index (κ2) is 13.3. The molecule has 0 bridgehead atoms. The summed E-state index contributed by atoms with van der Waals surface area (Å²) in [6, 6.07) is 10.8. The van der Waals surface area contributed by atoms with Crippen molar-refractivity contribution in [2.45, 2.75) is 96.1 Å². The first-order valence-corrected chi connectivity index (χ1v) is 15.6. The van der Waals surface area contributed by atoms with Crippen molar-refractivity contribution in [2.75, 3.05) is 19.7 Å². The molecule has 4 rings (SSSR count). The van der Waals surface area contributed by atoms with E-state index in [2.05, 4.69) is 17.1 Å². The summed E-state index contributed by atoms with van der Waals surface area (Å²) in [7, 11) is 0. The molecule has 2 unspecified atom stereocenters. The largest absolute Gasteiger partial charge is 0.466 e. The highest BCUT2D eigenvalue weighted by atomic mass is 19.4. The maximum Gasteiger partial charge on any atom is 0.416 e. The van der Waals surface area contributed by atoms with E-state index in [4.69, 9.17) is 4.74 Å². The standard InChI is InChI=1S/C34H42F6N2O3/c1-5-45-30(44)31(4)14-9-17-42(21-31)23(3)24-12-15-32(16-13-24,26-10-7-6-8-11-26)41-29(43)22(2)25-18-27(33(35,36)37)20-28(19-25)34(38,39)40/h6-8,10-11,18-20,22-24H,5,9,12-17,21H2,1-4H3,(H,41,43)/t22?,23?,24?,31-,32?/m1/s1. The zero-order chi connectivity index (χ0) is 33.2. The van der Waals surface area contributed by atoms with Crippen molar-refractivity contribution in [3.8, 4) is 0 Å². The molecule has 2 aliphatic rings. The second-order valence-corrected chi connectivity index (χ2v) is 12.9. The number of nitrogens with one attached hydrogen (secondary N) is 1. The zero-order valence-corrected chi connectivity index (χ0v) is 26.2. The minimum Gasteiger partial charge on any atom is -0.466 e. The number of esters is 1. The summed E-state index contributed by atoms with van der Waals surface area (Å²) in [6.45, 7) is 9.02. The van der Waals surface area contributed by atoms with E-state index < -0.39 is 46.3 Å². The van der Waals surface area contributed by atoms with Crippen LogP contribution in [0.1, 0.15) is 94.4 Å². The van der Waals surface area contributed by atoms with Gasteiger partial charge in [0, 0.05) is 12.6 Å². The minimum absolute atomic E-state index is 0.0691. The van der Waals surface area contributed by atoms with Gasteiger partial charge in [-0.1, -0.05) is 30.3 Å². The fraction of sp³-hybridized carbons (Fsp3) is 0.588. The molecule has 0 radical (unpaired) electrons. The molecule has 5 nitrogen and oxygen atoms in total. The van der Waals surface area contributed by atoms with E-state index in [0.29, 0.717) is 38.1 Å². The number of alkyl halides is 6. The summed E-state index contributed by atoms with van der Waals surface area (Å²) in [5.74, 6) is -1.83. The van der Waals surface area contributed by atoms with Crippen molar-refractivity contribution in [3.63, 3.8) is 0 Å². The predicted molar refractivity (Wildman–Crippen MR) is 158 cm³/mol. The van der Waals surface area contributed by atoms with Crippen LogP contribution in [0.25, 0.3) is 0 Å². The van der Waals surface area contributed by atoms with Crippen molar-refractivity contribution in [1.82, 2.24) is 10.2 Å². The number of hydrogen-bond acceptors (Lipinski definition) is 4. The predicted octanol–water partition coefficient (Wildman–Crippen LogP) is 8.08. The number of ether oxygens (including phenoxy) is 1. The molecule has 45 heavy (non-hydrogen) atoms. The van der Waals surface area contributed by atoms with Gasteiger partial charge in [0.2, 0.25) is 5.91 Å². The van der Waals surface area contributed by atoms with Crippen molar-refractivity contribution >= 4 is 11.9 Å². The monoisotopic (exact) mass is 640 g/mol. The van der Waals surface area contributed by atoms with Crippen LogP contribution in [0.4, 0.5) is 26.3 Å². The Hall–Kier alpha value is -3.08. The lowest BCUT2D eigenvalue weighted by Crippen LogP contribution is -2.54. The summed E-state index contributed by atoms with van der Waals surface area (Å²) in [6.07, 6.45) is -5.81. The van der Waals surface area contributed by atoms with Crippen LogP contribution in [0.5, 0.6) is 0 Å². The molecule has 1 aliphatic heterocycles. The smallest absolute Gasteiger partial charge is 0.416 e. The summed E-state index contributed by atoms with van der Waals surface area (Å²) < 4.78 is 86.4. The minimum atomic E-state index is -5.01. The van der Waals surface area contributed by atoms with Gasteiger partial charge < -0.3 is 10.1 Å². The highest BCUT2D eigenvalue weighted by molar-refractivity contribution is 5.84. The van der Waals surface area contributed by atoms with Crippen LogP contribution < -0.4 is 5.32 Å². The van der Waals surface area contributed by atoms with Gasteiger partial charge in [0.05, 0.1) is 34.6 Å². The van der Waals surface area contributed by atoms with Crippen LogP contribution >= 0.6 is 0 Å². The molecule has 1 heterocycles. The first-order valence-electron chi connectivity index (χ1n) is 15.6. The molecule has 1 aliphatic carbocycles. The van der Waals surface area contributed by atoms with Crippen LogP contribution in [-0.2, 0) is 32.2 Å². The Morgan fingerprint density at radius 2 is 1.53 bits per heavy atom. The van der Waals surface area contributed by atoms with Crippen molar-refractivity contribution in [1.29, 1.82) is 0 Å². The molecule has 1 saturated carbocycles. The van der Waals surface area contributed by atoms with E-state index in [-0.39, 0.29) is 29.6 Å². The number of nitrogens with zero attached hydrogens (tertiary/aromatic N) is 1.